The van der Waals surface area contributed by atoms with Gasteiger partial charge in [0.1, 0.15) is 79.4 Å². The predicted octanol–water partition coefficient (Wildman–Crippen LogP) is -11.1. The van der Waals surface area contributed by atoms with Gasteiger partial charge in [-0.05, 0) is 6.92 Å². The van der Waals surface area contributed by atoms with Crippen molar-refractivity contribution in [1.82, 2.24) is 0 Å². The molecule has 1 unspecified atom stereocenters. The Morgan fingerprint density at radius 3 is 1.26 bits per heavy atom. The van der Waals surface area contributed by atoms with Gasteiger partial charge < -0.3 is 106 Å². The average molecular weight is 645 g/mol. The molecule has 1 heterocycles. The molecule has 1 rings (SSSR count). The summed E-state index contributed by atoms with van der Waals surface area (Å²) in [4.78, 5) is 29.5. The van der Waals surface area contributed by atoms with Crippen LogP contribution in [0.4, 0.5) is 0 Å². The van der Waals surface area contributed by atoms with Crippen molar-refractivity contribution in [3.63, 3.8) is 0 Å². The summed E-state index contributed by atoms with van der Waals surface area (Å²) in [5, 5.41) is 148. The van der Waals surface area contributed by atoms with Gasteiger partial charge >= 0.3 is 0 Å². The second-order valence-electron chi connectivity index (χ2n) is 8.85. The lowest BCUT2D eigenvalue weighted by Gasteiger charge is -2.31. The van der Waals surface area contributed by atoms with Crippen LogP contribution in [-0.4, -0.2) is 217 Å². The number of aliphatic hydroxyl groups excluding tert-OH is 17. The van der Waals surface area contributed by atoms with Crippen LogP contribution < -0.4 is 0 Å². The molecular formula is C22H44O21. The number of rotatable bonds is 13. The molecule has 0 amide bonds. The maximum Gasteiger partial charge on any atom is 0.183 e. The fraction of sp³-hybridized carbons (Fsp3) is 0.864. The molecule has 15 atom stereocenters. The third-order valence-corrected chi connectivity index (χ3v) is 5.30. The van der Waals surface area contributed by atoms with Gasteiger partial charge in [-0.25, -0.2) is 0 Å². The van der Waals surface area contributed by atoms with Crippen LogP contribution in [0.2, 0.25) is 0 Å². The second kappa shape index (κ2) is 24.6. The van der Waals surface area contributed by atoms with Crippen LogP contribution in [-0.2, 0) is 19.1 Å². The van der Waals surface area contributed by atoms with Crippen molar-refractivity contribution in [3.05, 3.63) is 0 Å². The molecule has 1 fully saturated rings. The predicted molar refractivity (Wildman–Crippen MR) is 134 cm³/mol. The minimum absolute atomic E-state index is 0.0258. The molecule has 21 nitrogen and oxygen atoms in total. The summed E-state index contributed by atoms with van der Waals surface area (Å²) < 4.78 is 4.47. The van der Waals surface area contributed by atoms with Gasteiger partial charge in [0.05, 0.1) is 25.9 Å². The van der Waals surface area contributed by atoms with E-state index in [1.807, 2.05) is 0 Å². The van der Waals surface area contributed by atoms with E-state index in [-0.39, 0.29) is 25.5 Å². The van der Waals surface area contributed by atoms with Crippen molar-refractivity contribution in [2.24, 2.45) is 0 Å². The van der Waals surface area contributed by atoms with E-state index in [1.165, 1.54) is 6.92 Å². The second-order valence-corrected chi connectivity index (χ2v) is 8.85. The fourth-order valence-corrected chi connectivity index (χ4v) is 2.39. The first kappa shape index (κ1) is 45.7. The number of hydrogen-bond donors (Lipinski definition) is 17. The van der Waals surface area contributed by atoms with Gasteiger partial charge in [0.15, 0.2) is 25.1 Å². The van der Waals surface area contributed by atoms with E-state index in [1.54, 1.807) is 0 Å². The number of carbonyl (C=O) groups excluding carboxylic acids is 3. The molecule has 1 saturated heterocycles. The fourth-order valence-electron chi connectivity index (χ4n) is 2.39. The zero-order valence-corrected chi connectivity index (χ0v) is 22.7. The summed E-state index contributed by atoms with van der Waals surface area (Å²) in [6.07, 6.45) is -22.6. The maximum atomic E-state index is 9.90. The van der Waals surface area contributed by atoms with Crippen LogP contribution in [0, 0.1) is 0 Å². The third kappa shape index (κ3) is 18.0. The van der Waals surface area contributed by atoms with E-state index in [0.717, 1.165) is 0 Å². The number of hydrogen-bond acceptors (Lipinski definition) is 21. The summed E-state index contributed by atoms with van der Waals surface area (Å²) in [7, 11) is 0. The van der Waals surface area contributed by atoms with Crippen molar-refractivity contribution in [3.8, 4) is 0 Å². The highest BCUT2D eigenvalue weighted by Gasteiger charge is 2.36. The smallest absolute Gasteiger partial charge is 0.183 e. The molecule has 0 bridgehead atoms. The molecule has 0 radical (unpaired) electrons. The van der Waals surface area contributed by atoms with E-state index in [4.69, 9.17) is 86.8 Å². The van der Waals surface area contributed by atoms with Crippen LogP contribution in [0.15, 0.2) is 0 Å². The lowest BCUT2D eigenvalue weighted by atomic mass is 10.0. The molecule has 0 aliphatic carbocycles. The van der Waals surface area contributed by atoms with Crippen molar-refractivity contribution in [1.29, 1.82) is 0 Å². The van der Waals surface area contributed by atoms with Gasteiger partial charge in [-0.2, -0.15) is 0 Å². The van der Waals surface area contributed by atoms with E-state index in [0.29, 0.717) is 0 Å². The van der Waals surface area contributed by atoms with Crippen molar-refractivity contribution < 1.29 is 106 Å². The van der Waals surface area contributed by atoms with Crippen molar-refractivity contribution in [2.75, 3.05) is 19.8 Å². The Labute approximate surface area is 244 Å². The topological polar surface area (TPSA) is 404 Å². The molecule has 258 valence electrons. The van der Waals surface area contributed by atoms with Crippen LogP contribution in [0.5, 0.6) is 0 Å². The highest BCUT2D eigenvalue weighted by Crippen LogP contribution is 2.12. The van der Waals surface area contributed by atoms with Gasteiger partial charge in [-0.15, -0.1) is 0 Å². The van der Waals surface area contributed by atoms with Gasteiger partial charge in [-0.1, -0.05) is 0 Å². The first-order chi connectivity index (χ1) is 19.8. The standard InChI is InChI=1S/C6H12O6.C6H12O5.2C5H10O5/c7-1-3(9)5(11)6(12)4(10)2-8;1-3(8)5(10)6(11)4(9)2-7;6-2-1-10-5(9)4(8)3(2)7;6-1-3(8)5(10)4(9)2-7/h1,3-6,8-12H,2H2;2-6,8-11H,1H3;2-9H,1H2;1,3-5,7-10H,2H2/t3-,4+,5+,6-;3-,4-,5-,6-;2-,3+,4-,5?;3-,4-,5+/m0010/s1. The van der Waals surface area contributed by atoms with E-state index in [9.17, 15) is 14.4 Å². The Morgan fingerprint density at radius 2 is 0.930 bits per heavy atom. The number of ether oxygens (including phenoxy) is 1. The van der Waals surface area contributed by atoms with Crippen LogP contribution >= 0.6 is 0 Å². The molecule has 0 saturated carbocycles. The lowest BCUT2D eigenvalue weighted by Crippen LogP contribution is -2.52. The van der Waals surface area contributed by atoms with Gasteiger partial charge in [0.25, 0.3) is 0 Å². The Hall–Kier alpha value is -1.71. The van der Waals surface area contributed by atoms with Gasteiger partial charge in [0, 0.05) is 0 Å². The van der Waals surface area contributed by atoms with Crippen molar-refractivity contribution in [2.45, 2.75) is 98.7 Å². The maximum absolute atomic E-state index is 9.90. The first-order valence-corrected chi connectivity index (χ1v) is 12.2. The summed E-state index contributed by atoms with van der Waals surface area (Å²) in [6, 6.07) is 0. The van der Waals surface area contributed by atoms with Crippen molar-refractivity contribution >= 4 is 18.9 Å². The molecule has 17 N–H and O–H groups in total. The monoisotopic (exact) mass is 644 g/mol. The minimum Gasteiger partial charge on any atom is -0.394 e. The third-order valence-electron chi connectivity index (χ3n) is 5.30. The molecular weight excluding hydrogens is 600 g/mol. The summed E-state index contributed by atoms with van der Waals surface area (Å²) in [5.41, 5.74) is 0. The van der Waals surface area contributed by atoms with Crippen LogP contribution in [0.25, 0.3) is 0 Å². The Balaban J connectivity index is -0.000000497. The zero-order chi connectivity index (χ0) is 34.6. The minimum atomic E-state index is -1.79. The summed E-state index contributed by atoms with van der Waals surface area (Å²) in [6.45, 7) is -0.360. The van der Waals surface area contributed by atoms with E-state index >= 15 is 0 Å². The summed E-state index contributed by atoms with van der Waals surface area (Å²) in [5.74, 6) is 0. The molecule has 0 aromatic heterocycles. The highest BCUT2D eigenvalue weighted by molar-refractivity contribution is 5.57. The zero-order valence-electron chi connectivity index (χ0n) is 22.7. The molecule has 0 aromatic carbocycles. The quantitative estimate of drug-likeness (QED) is 0.0827. The SMILES string of the molecule is C[C@H](O)[C@H](O)[C@@H](O)[C@@H](O)C=O.O=C[C@H](O)[C@@H](O)[C@@H](O)CO.O=C[C@H](O)[C@@H](O)[C@@H](O)[C@H](O)CO.OC1OC[C@@H](O)[C@H](O)[C@H]1O. The van der Waals surface area contributed by atoms with E-state index in [2.05, 4.69) is 4.74 Å². The number of carbonyl (C=O) groups is 3. The Bertz CT molecular complexity index is 701. The normalized spacial score (nSPS) is 27.5. The first-order valence-electron chi connectivity index (χ1n) is 12.2. The average Bonchev–Trinajstić information content (AvgIpc) is 3.02. The van der Waals surface area contributed by atoms with Crippen LogP contribution in [0.1, 0.15) is 6.92 Å². The lowest BCUT2D eigenvalue weighted by molar-refractivity contribution is -0.252. The van der Waals surface area contributed by atoms with Gasteiger partial charge in [0.2, 0.25) is 0 Å². The summed E-state index contributed by atoms with van der Waals surface area (Å²) >= 11 is 0. The Kier molecular flexibility index (Phi) is 26.1. The largest absolute Gasteiger partial charge is 0.394 e. The molecule has 21 heteroatoms. The Morgan fingerprint density at radius 1 is 0.581 bits per heavy atom. The highest BCUT2D eigenvalue weighted by atomic mass is 16.6. The van der Waals surface area contributed by atoms with Crippen LogP contribution in [0.3, 0.4) is 0 Å². The molecule has 1 aliphatic rings. The van der Waals surface area contributed by atoms with E-state index < -0.39 is 105 Å². The number of aldehydes is 3. The molecule has 0 spiro atoms. The molecule has 0 aromatic rings. The molecule has 43 heavy (non-hydrogen) atoms. The molecule has 1 aliphatic heterocycles. The van der Waals surface area contributed by atoms with Gasteiger partial charge in [-0.3, -0.25) is 0 Å². The number of aliphatic hydroxyl groups is 17.